The van der Waals surface area contributed by atoms with Crippen LogP contribution in [0.4, 0.5) is 0 Å². The molecule has 1 fully saturated rings. The van der Waals surface area contributed by atoms with Gasteiger partial charge in [0.2, 0.25) is 6.29 Å². The van der Waals surface area contributed by atoms with E-state index >= 15 is 0 Å². The molecule has 1 saturated heterocycles. The van der Waals surface area contributed by atoms with Gasteiger partial charge in [-0.25, -0.2) is 4.79 Å². The first kappa shape index (κ1) is 21.8. The molecular formula is C20H22O10. The van der Waals surface area contributed by atoms with Crippen LogP contribution in [0.5, 0.6) is 17.2 Å². The van der Waals surface area contributed by atoms with Crippen molar-refractivity contribution >= 4 is 5.97 Å². The maximum absolute atomic E-state index is 11.3. The Kier molecular flexibility index (Phi) is 6.44. The van der Waals surface area contributed by atoms with Gasteiger partial charge in [0.15, 0.2) is 0 Å². The number of aliphatic hydroxyl groups excluding tert-OH is 4. The van der Waals surface area contributed by atoms with Crippen LogP contribution in [0.15, 0.2) is 36.4 Å². The Morgan fingerprint density at radius 2 is 1.67 bits per heavy atom. The van der Waals surface area contributed by atoms with Crippen LogP contribution < -0.4 is 4.74 Å². The van der Waals surface area contributed by atoms with Crippen molar-refractivity contribution in [2.45, 2.75) is 37.1 Å². The molecule has 162 valence electrons. The van der Waals surface area contributed by atoms with Gasteiger partial charge in [0.05, 0.1) is 6.61 Å². The van der Waals surface area contributed by atoms with Gasteiger partial charge in [0.1, 0.15) is 47.2 Å². The number of carboxylic acids is 1. The molecule has 3 rings (SSSR count). The van der Waals surface area contributed by atoms with Crippen LogP contribution in [0.1, 0.15) is 21.5 Å². The second-order valence-electron chi connectivity index (χ2n) is 6.87. The first-order valence-corrected chi connectivity index (χ1v) is 9.06. The van der Waals surface area contributed by atoms with Gasteiger partial charge in [0, 0.05) is 6.42 Å². The molecule has 1 aliphatic heterocycles. The van der Waals surface area contributed by atoms with E-state index in [1.807, 2.05) is 0 Å². The van der Waals surface area contributed by atoms with Gasteiger partial charge in [-0.1, -0.05) is 24.3 Å². The van der Waals surface area contributed by atoms with Crippen LogP contribution >= 0.6 is 0 Å². The average Bonchev–Trinajstić information content (AvgIpc) is 2.71. The van der Waals surface area contributed by atoms with Crippen LogP contribution in [0.25, 0.3) is 0 Å². The molecule has 10 nitrogen and oxygen atoms in total. The Labute approximate surface area is 170 Å². The van der Waals surface area contributed by atoms with E-state index in [0.717, 1.165) is 6.07 Å². The molecule has 30 heavy (non-hydrogen) atoms. The number of hydrogen-bond donors (Lipinski definition) is 7. The number of aromatic hydroxyl groups is 2. The Balaban J connectivity index is 1.87. The molecule has 0 unspecified atom stereocenters. The third kappa shape index (κ3) is 4.18. The van der Waals surface area contributed by atoms with E-state index < -0.39 is 60.3 Å². The second-order valence-corrected chi connectivity index (χ2v) is 6.87. The van der Waals surface area contributed by atoms with Crippen molar-refractivity contribution in [2.24, 2.45) is 0 Å². The Morgan fingerprint density at radius 3 is 2.33 bits per heavy atom. The molecule has 0 aliphatic carbocycles. The van der Waals surface area contributed by atoms with Crippen LogP contribution in [-0.4, -0.2) is 79.0 Å². The van der Waals surface area contributed by atoms with Crippen molar-refractivity contribution in [1.82, 2.24) is 0 Å². The maximum Gasteiger partial charge on any atom is 0.343 e. The molecule has 0 amide bonds. The minimum atomic E-state index is -1.60. The lowest BCUT2D eigenvalue weighted by Gasteiger charge is -2.39. The fourth-order valence-corrected chi connectivity index (χ4v) is 3.24. The topological polar surface area (TPSA) is 177 Å². The lowest BCUT2D eigenvalue weighted by Crippen LogP contribution is -2.60. The number of ether oxygens (including phenoxy) is 2. The standard InChI is InChI=1S/C20H22O10/c21-8-13-16(24)17(25)18(26)20(30-13)29-12-4-2-1-3-9(12)7-10-5-6-11(22)14(15(10)23)19(27)28/h1-6,13,16-18,20-26H,7-8H2,(H,27,28)/t13-,16-,17+,18-,20-/m1/s1. The third-order valence-electron chi connectivity index (χ3n) is 4.90. The number of aliphatic hydroxyl groups is 4. The molecule has 7 N–H and O–H groups in total. The van der Waals surface area contributed by atoms with Crippen molar-refractivity contribution in [2.75, 3.05) is 6.61 Å². The summed E-state index contributed by atoms with van der Waals surface area (Å²) < 4.78 is 11.0. The summed E-state index contributed by atoms with van der Waals surface area (Å²) in [5.41, 5.74) is 0.0571. The highest BCUT2D eigenvalue weighted by Crippen LogP contribution is 2.34. The molecule has 2 aromatic rings. The van der Waals surface area contributed by atoms with Gasteiger partial charge in [-0.2, -0.15) is 0 Å². The summed E-state index contributed by atoms with van der Waals surface area (Å²) in [6, 6.07) is 8.98. The van der Waals surface area contributed by atoms with E-state index in [2.05, 4.69) is 0 Å². The number of hydrogen-bond acceptors (Lipinski definition) is 9. The van der Waals surface area contributed by atoms with Gasteiger partial charge >= 0.3 is 5.97 Å². The summed E-state index contributed by atoms with van der Waals surface area (Å²) in [6.45, 7) is -0.605. The van der Waals surface area contributed by atoms with Gasteiger partial charge < -0.3 is 45.2 Å². The molecule has 0 aromatic heterocycles. The number of carbonyl (C=O) groups is 1. The number of rotatable bonds is 6. The molecule has 0 radical (unpaired) electrons. The molecular weight excluding hydrogens is 400 g/mol. The highest BCUT2D eigenvalue weighted by Gasteiger charge is 2.44. The Hall–Kier alpha value is -2.89. The molecule has 1 heterocycles. The SMILES string of the molecule is O=C(O)c1c(O)ccc(Cc2ccccc2O[C@@H]2O[C@H](CO)[C@@H](O)[C@H](O)[C@H]2O)c1O. The third-order valence-corrected chi connectivity index (χ3v) is 4.90. The number of phenols is 2. The van der Waals surface area contributed by atoms with E-state index in [9.17, 15) is 40.5 Å². The lowest BCUT2D eigenvalue weighted by atomic mass is 9.98. The van der Waals surface area contributed by atoms with E-state index in [1.165, 1.54) is 12.1 Å². The average molecular weight is 422 g/mol. The van der Waals surface area contributed by atoms with Crippen molar-refractivity contribution in [3.8, 4) is 17.2 Å². The van der Waals surface area contributed by atoms with Gasteiger partial charge in [0.25, 0.3) is 0 Å². The number of para-hydroxylation sites is 1. The Morgan fingerprint density at radius 1 is 0.967 bits per heavy atom. The van der Waals surface area contributed by atoms with E-state index in [4.69, 9.17) is 9.47 Å². The van der Waals surface area contributed by atoms with Crippen LogP contribution in [0, 0.1) is 0 Å². The molecule has 0 spiro atoms. The quantitative estimate of drug-likeness (QED) is 0.323. The molecule has 10 heteroatoms. The normalized spacial score (nSPS) is 26.3. The Bertz CT molecular complexity index is 912. The smallest absolute Gasteiger partial charge is 0.343 e. The first-order chi connectivity index (χ1) is 14.2. The fraction of sp³-hybridized carbons (Fsp3) is 0.350. The minimum absolute atomic E-state index is 0.0139. The summed E-state index contributed by atoms with van der Waals surface area (Å²) >= 11 is 0. The van der Waals surface area contributed by atoms with Crippen molar-refractivity contribution in [1.29, 1.82) is 0 Å². The van der Waals surface area contributed by atoms with Gasteiger partial charge in [-0.05, 0) is 23.3 Å². The van der Waals surface area contributed by atoms with Gasteiger partial charge in [-0.3, -0.25) is 0 Å². The summed E-state index contributed by atoms with van der Waals surface area (Å²) in [7, 11) is 0. The monoisotopic (exact) mass is 422 g/mol. The molecule has 1 aliphatic rings. The minimum Gasteiger partial charge on any atom is -0.507 e. The summed E-state index contributed by atoms with van der Waals surface area (Å²) in [5, 5.41) is 68.3. The molecule has 5 atom stereocenters. The second kappa shape index (κ2) is 8.86. The fourth-order valence-electron chi connectivity index (χ4n) is 3.24. The molecule has 0 bridgehead atoms. The summed E-state index contributed by atoms with van der Waals surface area (Å²) in [6.07, 6.45) is -7.25. The largest absolute Gasteiger partial charge is 0.507 e. The van der Waals surface area contributed by atoms with Crippen molar-refractivity contribution in [3.63, 3.8) is 0 Å². The summed E-state index contributed by atoms with van der Waals surface area (Å²) in [4.78, 5) is 11.3. The van der Waals surface area contributed by atoms with E-state index in [0.29, 0.717) is 5.56 Å². The molecule has 2 aromatic carbocycles. The predicted molar refractivity (Wildman–Crippen MR) is 100 cm³/mol. The number of aromatic carboxylic acids is 1. The zero-order chi connectivity index (χ0) is 22.0. The summed E-state index contributed by atoms with van der Waals surface area (Å²) in [5.74, 6) is -2.45. The zero-order valence-electron chi connectivity index (χ0n) is 15.6. The van der Waals surface area contributed by atoms with Crippen molar-refractivity contribution in [3.05, 3.63) is 53.1 Å². The van der Waals surface area contributed by atoms with E-state index in [1.54, 1.807) is 18.2 Å². The van der Waals surface area contributed by atoms with E-state index in [-0.39, 0.29) is 17.7 Å². The highest BCUT2D eigenvalue weighted by molar-refractivity contribution is 5.94. The highest BCUT2D eigenvalue weighted by atomic mass is 16.7. The number of benzene rings is 2. The van der Waals surface area contributed by atoms with Crippen LogP contribution in [-0.2, 0) is 11.2 Å². The zero-order valence-corrected chi connectivity index (χ0v) is 15.6. The maximum atomic E-state index is 11.3. The van der Waals surface area contributed by atoms with Crippen LogP contribution in [0.3, 0.4) is 0 Å². The van der Waals surface area contributed by atoms with Crippen molar-refractivity contribution < 1.29 is 50.0 Å². The number of carboxylic acid groups (broad SMARTS) is 1. The lowest BCUT2D eigenvalue weighted by molar-refractivity contribution is -0.277. The van der Waals surface area contributed by atoms with Crippen LogP contribution in [0.2, 0.25) is 0 Å². The molecule has 0 saturated carbocycles. The van der Waals surface area contributed by atoms with Gasteiger partial charge in [-0.15, -0.1) is 0 Å². The predicted octanol–water partition coefficient (Wildman–Crippen LogP) is -0.435. The first-order valence-electron chi connectivity index (χ1n) is 9.06.